The van der Waals surface area contributed by atoms with Gasteiger partial charge in [-0.3, -0.25) is 4.98 Å². The number of hydrogen-bond donors (Lipinski definition) is 1. The van der Waals surface area contributed by atoms with Crippen LogP contribution in [0.1, 0.15) is 32.4 Å². The van der Waals surface area contributed by atoms with Gasteiger partial charge in [-0.1, -0.05) is 20.3 Å². The van der Waals surface area contributed by atoms with Gasteiger partial charge in [0, 0.05) is 25.8 Å². The monoisotopic (exact) mass is 234 g/mol. The van der Waals surface area contributed by atoms with Crippen LogP contribution in [0.5, 0.6) is 0 Å². The van der Waals surface area contributed by atoms with Crippen molar-refractivity contribution in [1.29, 1.82) is 0 Å². The van der Waals surface area contributed by atoms with Gasteiger partial charge in [0.1, 0.15) is 5.82 Å². The molecule has 17 heavy (non-hydrogen) atoms. The lowest BCUT2D eigenvalue weighted by molar-refractivity contribution is 0.568. The van der Waals surface area contributed by atoms with Crippen LogP contribution in [-0.2, 0) is 6.54 Å². The Hall–Kier alpha value is -1.16. The Morgan fingerprint density at radius 1 is 1.41 bits per heavy atom. The van der Waals surface area contributed by atoms with Crippen molar-refractivity contribution in [3.8, 4) is 0 Å². The molecule has 0 saturated carbocycles. The van der Waals surface area contributed by atoms with E-state index in [1.165, 1.54) is 12.8 Å². The topological polar surface area (TPSA) is 41.1 Å². The average molecular weight is 234 g/mol. The van der Waals surface area contributed by atoms with Gasteiger partial charge in [0.2, 0.25) is 0 Å². The van der Waals surface area contributed by atoms with Gasteiger partial charge in [-0.25, -0.2) is 4.98 Å². The van der Waals surface area contributed by atoms with E-state index in [0.29, 0.717) is 0 Å². The first-order valence-electron chi connectivity index (χ1n) is 6.60. The van der Waals surface area contributed by atoms with Gasteiger partial charge in [-0.05, 0) is 18.9 Å². The first kappa shape index (κ1) is 12.3. The predicted molar refractivity (Wildman–Crippen MR) is 70.0 cm³/mol. The molecule has 1 fully saturated rings. The molecule has 4 heteroatoms. The molecule has 1 aliphatic rings. The molecular weight excluding hydrogens is 212 g/mol. The predicted octanol–water partition coefficient (Wildman–Crippen LogP) is 1.82. The van der Waals surface area contributed by atoms with E-state index in [-0.39, 0.29) is 0 Å². The second-order valence-electron chi connectivity index (χ2n) is 4.66. The first-order valence-corrected chi connectivity index (χ1v) is 6.60. The standard InChI is InChI=1S/C13H22N4/c1-3-11-5-6-17(10-11)13-9-15-8-12(16-13)7-14-4-2/h8-9,11,14H,3-7,10H2,1-2H3. The molecule has 1 atom stereocenters. The number of nitrogens with zero attached hydrogens (tertiary/aromatic N) is 3. The van der Waals surface area contributed by atoms with E-state index < -0.39 is 0 Å². The summed E-state index contributed by atoms with van der Waals surface area (Å²) >= 11 is 0. The highest BCUT2D eigenvalue weighted by Gasteiger charge is 2.22. The lowest BCUT2D eigenvalue weighted by atomic mass is 10.1. The quantitative estimate of drug-likeness (QED) is 0.844. The van der Waals surface area contributed by atoms with Crippen LogP contribution < -0.4 is 10.2 Å². The summed E-state index contributed by atoms with van der Waals surface area (Å²) in [5.74, 6) is 1.87. The van der Waals surface area contributed by atoms with Crippen molar-refractivity contribution >= 4 is 5.82 Å². The number of nitrogens with one attached hydrogen (secondary N) is 1. The molecule has 4 nitrogen and oxygen atoms in total. The minimum absolute atomic E-state index is 0.808. The Balaban J connectivity index is 2.01. The molecule has 1 saturated heterocycles. The van der Waals surface area contributed by atoms with Gasteiger partial charge in [0.15, 0.2) is 0 Å². The summed E-state index contributed by atoms with van der Waals surface area (Å²) < 4.78 is 0. The fourth-order valence-electron chi connectivity index (χ4n) is 2.26. The van der Waals surface area contributed by atoms with Gasteiger partial charge in [0.05, 0.1) is 11.9 Å². The van der Waals surface area contributed by atoms with Gasteiger partial charge in [0.25, 0.3) is 0 Å². The summed E-state index contributed by atoms with van der Waals surface area (Å²) in [4.78, 5) is 11.3. The van der Waals surface area contributed by atoms with Crippen LogP contribution in [0.2, 0.25) is 0 Å². The van der Waals surface area contributed by atoms with Gasteiger partial charge >= 0.3 is 0 Å². The molecule has 1 unspecified atom stereocenters. The molecule has 0 spiro atoms. The van der Waals surface area contributed by atoms with Crippen LogP contribution in [0.25, 0.3) is 0 Å². The molecule has 1 aromatic heterocycles. The lowest BCUT2D eigenvalue weighted by Gasteiger charge is -2.17. The van der Waals surface area contributed by atoms with E-state index in [9.17, 15) is 0 Å². The molecule has 0 bridgehead atoms. The molecule has 2 rings (SSSR count). The zero-order chi connectivity index (χ0) is 12.1. The number of hydrogen-bond acceptors (Lipinski definition) is 4. The minimum atomic E-state index is 0.808. The second kappa shape index (κ2) is 5.96. The zero-order valence-corrected chi connectivity index (χ0v) is 10.8. The maximum atomic E-state index is 4.66. The van der Waals surface area contributed by atoms with Crippen LogP contribution in [-0.4, -0.2) is 29.6 Å². The van der Waals surface area contributed by atoms with Crippen molar-refractivity contribution in [2.24, 2.45) is 5.92 Å². The number of aromatic nitrogens is 2. The fourth-order valence-corrected chi connectivity index (χ4v) is 2.26. The molecule has 2 heterocycles. The summed E-state index contributed by atoms with van der Waals surface area (Å²) in [6, 6.07) is 0. The van der Waals surface area contributed by atoms with E-state index in [1.807, 2.05) is 12.4 Å². The van der Waals surface area contributed by atoms with Gasteiger partial charge in [-0.15, -0.1) is 0 Å². The fraction of sp³-hybridized carbons (Fsp3) is 0.692. The normalized spacial score (nSPS) is 19.9. The van der Waals surface area contributed by atoms with Gasteiger partial charge in [-0.2, -0.15) is 0 Å². The van der Waals surface area contributed by atoms with E-state index in [4.69, 9.17) is 0 Å². The van der Waals surface area contributed by atoms with Crippen LogP contribution in [0.3, 0.4) is 0 Å². The second-order valence-corrected chi connectivity index (χ2v) is 4.66. The van der Waals surface area contributed by atoms with Crippen molar-refractivity contribution in [2.45, 2.75) is 33.2 Å². The Labute approximate surface area is 103 Å². The van der Waals surface area contributed by atoms with Crippen molar-refractivity contribution in [3.63, 3.8) is 0 Å². The smallest absolute Gasteiger partial charge is 0.147 e. The van der Waals surface area contributed by atoms with Crippen LogP contribution in [0.15, 0.2) is 12.4 Å². The third-order valence-corrected chi connectivity index (χ3v) is 3.42. The SMILES string of the molecule is CCNCc1cncc(N2CCC(CC)C2)n1. The summed E-state index contributed by atoms with van der Waals surface area (Å²) in [7, 11) is 0. The van der Waals surface area contributed by atoms with E-state index in [1.54, 1.807) is 0 Å². The molecule has 0 aromatic carbocycles. The maximum Gasteiger partial charge on any atom is 0.147 e. The molecule has 0 aliphatic carbocycles. The molecule has 1 aliphatic heterocycles. The van der Waals surface area contributed by atoms with E-state index >= 15 is 0 Å². The highest BCUT2D eigenvalue weighted by molar-refractivity contribution is 5.37. The van der Waals surface area contributed by atoms with Crippen molar-refractivity contribution < 1.29 is 0 Å². The highest BCUT2D eigenvalue weighted by atomic mass is 15.2. The highest BCUT2D eigenvalue weighted by Crippen LogP contribution is 2.23. The molecule has 0 radical (unpaired) electrons. The van der Waals surface area contributed by atoms with E-state index in [0.717, 1.165) is 43.6 Å². The molecule has 94 valence electrons. The van der Waals surface area contributed by atoms with Gasteiger partial charge < -0.3 is 10.2 Å². The number of rotatable bonds is 5. The Bertz CT molecular complexity index is 353. The first-order chi connectivity index (χ1) is 8.33. The molecule has 0 amide bonds. The third kappa shape index (κ3) is 3.16. The molecular formula is C13H22N4. The lowest BCUT2D eigenvalue weighted by Crippen LogP contribution is -2.22. The summed E-state index contributed by atoms with van der Waals surface area (Å²) in [6.07, 6.45) is 6.28. The summed E-state index contributed by atoms with van der Waals surface area (Å²) in [6.45, 7) is 8.40. The van der Waals surface area contributed by atoms with Crippen molar-refractivity contribution in [3.05, 3.63) is 18.1 Å². The largest absolute Gasteiger partial charge is 0.355 e. The Kier molecular flexibility index (Phi) is 4.31. The zero-order valence-electron chi connectivity index (χ0n) is 10.8. The Morgan fingerprint density at radius 2 is 2.29 bits per heavy atom. The van der Waals surface area contributed by atoms with Crippen LogP contribution in [0, 0.1) is 5.92 Å². The molecule has 1 aromatic rings. The van der Waals surface area contributed by atoms with Crippen LogP contribution in [0.4, 0.5) is 5.82 Å². The molecule has 1 N–H and O–H groups in total. The number of anilines is 1. The third-order valence-electron chi connectivity index (χ3n) is 3.42. The summed E-state index contributed by atoms with van der Waals surface area (Å²) in [5.41, 5.74) is 1.03. The van der Waals surface area contributed by atoms with E-state index in [2.05, 4.69) is 34.0 Å². The van der Waals surface area contributed by atoms with Crippen molar-refractivity contribution in [2.75, 3.05) is 24.5 Å². The van der Waals surface area contributed by atoms with Crippen LogP contribution >= 0.6 is 0 Å². The minimum Gasteiger partial charge on any atom is -0.355 e. The Morgan fingerprint density at radius 3 is 3.00 bits per heavy atom. The average Bonchev–Trinajstić information content (AvgIpc) is 2.85. The summed E-state index contributed by atoms with van der Waals surface area (Å²) in [5, 5.41) is 3.28. The van der Waals surface area contributed by atoms with Crippen molar-refractivity contribution in [1.82, 2.24) is 15.3 Å². The maximum absolute atomic E-state index is 4.66.